The number of hydrogen-bond donors (Lipinski definition) is 2. The summed E-state index contributed by atoms with van der Waals surface area (Å²) in [5.41, 5.74) is 1.08. The van der Waals surface area contributed by atoms with Gasteiger partial charge >= 0.3 is 5.97 Å². The van der Waals surface area contributed by atoms with E-state index >= 15 is 0 Å². The van der Waals surface area contributed by atoms with Crippen molar-refractivity contribution in [2.45, 2.75) is 39.0 Å². The van der Waals surface area contributed by atoms with Crippen LogP contribution in [-0.2, 0) is 9.59 Å². The molecule has 0 aliphatic rings. The third-order valence-electron chi connectivity index (χ3n) is 3.04. The van der Waals surface area contributed by atoms with Crippen molar-refractivity contribution in [1.29, 1.82) is 0 Å². The van der Waals surface area contributed by atoms with Gasteiger partial charge in [0, 0.05) is 19.4 Å². The number of hydrogen-bond acceptors (Lipinski definition) is 3. The Labute approximate surface area is 125 Å². The number of unbranched alkanes of at least 4 members (excludes halogenated alkanes) is 1. The molecule has 1 amide bonds. The highest BCUT2D eigenvalue weighted by Gasteiger charge is 2.03. The van der Waals surface area contributed by atoms with Crippen molar-refractivity contribution in [3.8, 4) is 5.75 Å². The molecule has 1 aromatic carbocycles. The number of aliphatic carboxylic acids is 1. The second-order valence-electron chi connectivity index (χ2n) is 4.92. The molecule has 1 aromatic rings. The molecule has 0 saturated heterocycles. The number of para-hydroxylation sites is 1. The van der Waals surface area contributed by atoms with Crippen LogP contribution in [0.25, 0.3) is 0 Å². The van der Waals surface area contributed by atoms with Gasteiger partial charge in [-0.1, -0.05) is 18.2 Å². The number of nitrogens with one attached hydrogen (secondary N) is 1. The Balaban J connectivity index is 2.03. The van der Waals surface area contributed by atoms with E-state index in [2.05, 4.69) is 5.32 Å². The first-order valence-corrected chi connectivity index (χ1v) is 7.26. The maximum absolute atomic E-state index is 11.5. The van der Waals surface area contributed by atoms with Crippen molar-refractivity contribution in [3.05, 3.63) is 29.8 Å². The van der Waals surface area contributed by atoms with Crippen LogP contribution in [0.1, 0.15) is 37.7 Å². The number of ether oxygens (including phenoxy) is 1. The van der Waals surface area contributed by atoms with Crippen LogP contribution < -0.4 is 10.1 Å². The summed E-state index contributed by atoms with van der Waals surface area (Å²) in [6.07, 6.45) is 2.52. The van der Waals surface area contributed by atoms with Crippen molar-refractivity contribution >= 4 is 11.9 Å². The number of rotatable bonds is 10. The molecule has 0 saturated carbocycles. The summed E-state index contributed by atoms with van der Waals surface area (Å²) in [6.45, 7) is 3.03. The minimum absolute atomic E-state index is 0.0151. The minimum Gasteiger partial charge on any atom is -0.493 e. The van der Waals surface area contributed by atoms with Gasteiger partial charge in [0.15, 0.2) is 0 Å². The number of amides is 1. The van der Waals surface area contributed by atoms with Crippen LogP contribution >= 0.6 is 0 Å². The van der Waals surface area contributed by atoms with Gasteiger partial charge in [-0.2, -0.15) is 0 Å². The topological polar surface area (TPSA) is 75.6 Å². The predicted molar refractivity (Wildman–Crippen MR) is 80.4 cm³/mol. The van der Waals surface area contributed by atoms with E-state index in [0.717, 1.165) is 11.3 Å². The van der Waals surface area contributed by atoms with Crippen LogP contribution in [0.3, 0.4) is 0 Å². The fourth-order valence-corrected chi connectivity index (χ4v) is 1.85. The van der Waals surface area contributed by atoms with Crippen LogP contribution in [0.15, 0.2) is 24.3 Å². The Kier molecular flexibility index (Phi) is 7.94. The van der Waals surface area contributed by atoms with Gasteiger partial charge < -0.3 is 15.2 Å². The lowest BCUT2D eigenvalue weighted by molar-refractivity contribution is -0.137. The smallest absolute Gasteiger partial charge is 0.303 e. The molecule has 0 radical (unpaired) electrons. The third kappa shape index (κ3) is 7.97. The lowest BCUT2D eigenvalue weighted by Crippen LogP contribution is -2.24. The highest BCUT2D eigenvalue weighted by Crippen LogP contribution is 2.16. The van der Waals surface area contributed by atoms with Gasteiger partial charge in [0.2, 0.25) is 5.91 Å². The maximum atomic E-state index is 11.5. The highest BCUT2D eigenvalue weighted by molar-refractivity contribution is 5.75. The summed E-state index contributed by atoms with van der Waals surface area (Å²) in [4.78, 5) is 21.8. The summed E-state index contributed by atoms with van der Waals surface area (Å²) >= 11 is 0. The van der Waals surface area contributed by atoms with E-state index in [1.807, 2.05) is 31.2 Å². The maximum Gasteiger partial charge on any atom is 0.303 e. The zero-order chi connectivity index (χ0) is 15.5. The number of carboxylic acid groups (broad SMARTS) is 1. The first kappa shape index (κ1) is 17.0. The third-order valence-corrected chi connectivity index (χ3v) is 3.04. The Hall–Kier alpha value is -2.04. The van der Waals surface area contributed by atoms with Gasteiger partial charge in [0.1, 0.15) is 5.75 Å². The second-order valence-corrected chi connectivity index (χ2v) is 4.92. The van der Waals surface area contributed by atoms with Crippen LogP contribution in [0.5, 0.6) is 5.75 Å². The van der Waals surface area contributed by atoms with Gasteiger partial charge in [0.25, 0.3) is 0 Å². The number of aryl methyl sites for hydroxylation is 1. The van der Waals surface area contributed by atoms with E-state index < -0.39 is 5.97 Å². The Morgan fingerprint density at radius 1 is 1.14 bits per heavy atom. The first-order chi connectivity index (χ1) is 10.1. The van der Waals surface area contributed by atoms with Crippen molar-refractivity contribution in [2.24, 2.45) is 0 Å². The molecular formula is C16H23NO4. The average Bonchev–Trinajstić information content (AvgIpc) is 2.44. The van der Waals surface area contributed by atoms with Crippen LogP contribution in [0.2, 0.25) is 0 Å². The molecule has 5 heteroatoms. The van der Waals surface area contributed by atoms with Gasteiger partial charge in [0.05, 0.1) is 6.61 Å². The molecule has 0 aliphatic heterocycles. The van der Waals surface area contributed by atoms with E-state index in [4.69, 9.17) is 9.84 Å². The molecule has 0 atom stereocenters. The average molecular weight is 293 g/mol. The molecule has 21 heavy (non-hydrogen) atoms. The fraction of sp³-hybridized carbons (Fsp3) is 0.500. The lowest BCUT2D eigenvalue weighted by atomic mass is 10.2. The number of carbonyl (C=O) groups excluding carboxylic acids is 1. The Morgan fingerprint density at radius 2 is 1.90 bits per heavy atom. The van der Waals surface area contributed by atoms with Crippen LogP contribution in [0.4, 0.5) is 0 Å². The molecule has 0 aliphatic carbocycles. The normalized spacial score (nSPS) is 10.1. The number of carboxylic acids is 1. The highest BCUT2D eigenvalue weighted by atomic mass is 16.5. The summed E-state index contributed by atoms with van der Waals surface area (Å²) in [6, 6.07) is 7.78. The fourth-order valence-electron chi connectivity index (χ4n) is 1.85. The van der Waals surface area contributed by atoms with E-state index in [9.17, 15) is 9.59 Å². The second kappa shape index (κ2) is 9.80. The molecule has 116 valence electrons. The minimum atomic E-state index is -0.797. The molecule has 1 rings (SSSR count). The van der Waals surface area contributed by atoms with Gasteiger partial charge in [-0.05, 0) is 37.8 Å². The largest absolute Gasteiger partial charge is 0.493 e. The molecular weight excluding hydrogens is 270 g/mol. The van der Waals surface area contributed by atoms with Crippen molar-refractivity contribution in [3.63, 3.8) is 0 Å². The Morgan fingerprint density at radius 3 is 2.62 bits per heavy atom. The van der Waals surface area contributed by atoms with Gasteiger partial charge in [-0.15, -0.1) is 0 Å². The van der Waals surface area contributed by atoms with Gasteiger partial charge in [-0.3, -0.25) is 9.59 Å². The summed E-state index contributed by atoms with van der Waals surface area (Å²) in [7, 11) is 0. The van der Waals surface area contributed by atoms with Crippen LogP contribution in [-0.4, -0.2) is 30.1 Å². The van der Waals surface area contributed by atoms with E-state index in [0.29, 0.717) is 38.8 Å². The summed E-state index contributed by atoms with van der Waals surface area (Å²) < 4.78 is 5.61. The van der Waals surface area contributed by atoms with E-state index in [1.165, 1.54) is 0 Å². The summed E-state index contributed by atoms with van der Waals surface area (Å²) in [5, 5.41) is 11.3. The molecule has 5 nitrogen and oxygen atoms in total. The van der Waals surface area contributed by atoms with E-state index in [1.54, 1.807) is 0 Å². The number of benzene rings is 1. The standard InChI is InChI=1S/C16H23NO4/c1-13-7-2-3-8-14(13)21-12-6-9-15(18)17-11-5-4-10-16(19)20/h2-3,7-8H,4-6,9-12H2,1H3,(H,17,18)(H,19,20). The zero-order valence-electron chi connectivity index (χ0n) is 12.4. The quantitative estimate of drug-likeness (QED) is 0.650. The molecule has 0 heterocycles. The lowest BCUT2D eigenvalue weighted by Gasteiger charge is -2.08. The van der Waals surface area contributed by atoms with E-state index in [-0.39, 0.29) is 12.3 Å². The SMILES string of the molecule is Cc1ccccc1OCCCC(=O)NCCCCC(=O)O. The Bertz CT molecular complexity index is 459. The predicted octanol–water partition coefficient (Wildman–Crippen LogP) is 2.53. The zero-order valence-corrected chi connectivity index (χ0v) is 12.4. The van der Waals surface area contributed by atoms with Gasteiger partial charge in [-0.25, -0.2) is 0 Å². The van der Waals surface area contributed by atoms with Crippen molar-refractivity contribution in [2.75, 3.05) is 13.2 Å². The monoisotopic (exact) mass is 293 g/mol. The molecule has 0 spiro atoms. The first-order valence-electron chi connectivity index (χ1n) is 7.26. The summed E-state index contributed by atoms with van der Waals surface area (Å²) in [5.74, 6) is 0.0416. The molecule has 0 aromatic heterocycles. The number of carbonyl (C=O) groups is 2. The molecule has 0 unspecified atom stereocenters. The molecule has 0 fully saturated rings. The van der Waals surface area contributed by atoms with Crippen LogP contribution in [0, 0.1) is 6.92 Å². The van der Waals surface area contributed by atoms with Crippen molar-refractivity contribution in [1.82, 2.24) is 5.32 Å². The van der Waals surface area contributed by atoms with Crippen molar-refractivity contribution < 1.29 is 19.4 Å². The molecule has 2 N–H and O–H groups in total. The molecule has 0 bridgehead atoms.